The van der Waals surface area contributed by atoms with Gasteiger partial charge in [-0.3, -0.25) is 0 Å². The zero-order chi connectivity index (χ0) is 6.53. The number of ether oxygens (including phenoxy) is 1. The molecular formula is C7H8O2. The van der Waals surface area contributed by atoms with Crippen LogP contribution in [0.15, 0.2) is 24.0 Å². The molecule has 0 aliphatic carbocycles. The molecule has 0 spiro atoms. The summed E-state index contributed by atoms with van der Waals surface area (Å²) in [7, 11) is 0. The van der Waals surface area contributed by atoms with Gasteiger partial charge in [-0.15, -0.1) is 0 Å². The van der Waals surface area contributed by atoms with Crippen molar-refractivity contribution in [2.45, 2.75) is 6.42 Å². The Morgan fingerprint density at radius 2 is 2.67 bits per heavy atom. The number of hydrogen-bond acceptors (Lipinski definition) is 2. The highest BCUT2D eigenvalue weighted by molar-refractivity contribution is 5.53. The first kappa shape index (κ1) is 6.08. The van der Waals surface area contributed by atoms with E-state index in [1.165, 1.54) is 0 Å². The molecule has 0 aromatic carbocycles. The van der Waals surface area contributed by atoms with Crippen molar-refractivity contribution in [3.05, 3.63) is 24.0 Å². The summed E-state index contributed by atoms with van der Waals surface area (Å²) in [6, 6.07) is 0. The first-order valence-corrected chi connectivity index (χ1v) is 2.85. The van der Waals surface area contributed by atoms with Crippen molar-refractivity contribution < 1.29 is 9.53 Å². The lowest BCUT2D eigenvalue weighted by molar-refractivity contribution is -0.107. The van der Waals surface area contributed by atoms with Crippen LogP contribution in [0.25, 0.3) is 0 Å². The summed E-state index contributed by atoms with van der Waals surface area (Å²) in [6.45, 7) is 0.597. The maximum Gasteiger partial charge on any atom is 0.127 e. The van der Waals surface area contributed by atoms with Crippen molar-refractivity contribution in [2.24, 2.45) is 0 Å². The smallest absolute Gasteiger partial charge is 0.127 e. The van der Waals surface area contributed by atoms with Gasteiger partial charge in [0.25, 0.3) is 0 Å². The molecule has 0 N–H and O–H groups in total. The van der Waals surface area contributed by atoms with Crippen molar-refractivity contribution in [3.63, 3.8) is 0 Å². The van der Waals surface area contributed by atoms with Gasteiger partial charge in [0.15, 0.2) is 0 Å². The molecule has 0 unspecified atom stereocenters. The minimum Gasteiger partial charge on any atom is -0.493 e. The fourth-order valence-electron chi connectivity index (χ4n) is 0.643. The summed E-state index contributed by atoms with van der Waals surface area (Å²) >= 11 is 0. The van der Waals surface area contributed by atoms with E-state index >= 15 is 0 Å². The van der Waals surface area contributed by atoms with Crippen molar-refractivity contribution in [3.8, 4) is 0 Å². The van der Waals surface area contributed by atoms with Crippen LogP contribution in [-0.2, 0) is 9.53 Å². The molecular weight excluding hydrogens is 116 g/mol. The third-order valence-corrected chi connectivity index (χ3v) is 1.07. The Bertz CT molecular complexity index is 156. The molecule has 0 atom stereocenters. The fraction of sp³-hybridized carbons (Fsp3) is 0.286. The number of allylic oxidation sites excluding steroid dienone is 3. The van der Waals surface area contributed by atoms with Crippen LogP contribution < -0.4 is 0 Å². The second-order valence-electron chi connectivity index (χ2n) is 1.74. The van der Waals surface area contributed by atoms with Gasteiger partial charge in [0.05, 0.1) is 6.42 Å². The van der Waals surface area contributed by atoms with Crippen LogP contribution in [0.2, 0.25) is 0 Å². The van der Waals surface area contributed by atoms with E-state index in [0.717, 1.165) is 12.0 Å². The molecule has 0 bridgehead atoms. The van der Waals surface area contributed by atoms with E-state index < -0.39 is 0 Å². The molecule has 0 fully saturated rings. The lowest BCUT2D eigenvalue weighted by Crippen LogP contribution is -1.96. The van der Waals surface area contributed by atoms with Gasteiger partial charge in [0.1, 0.15) is 18.7 Å². The highest BCUT2D eigenvalue weighted by atomic mass is 16.5. The first-order chi connectivity index (χ1) is 4.43. The van der Waals surface area contributed by atoms with Gasteiger partial charge in [-0.1, -0.05) is 6.08 Å². The van der Waals surface area contributed by atoms with Gasteiger partial charge in [0, 0.05) is 0 Å². The highest BCUT2D eigenvalue weighted by Crippen LogP contribution is 2.05. The fourth-order valence-corrected chi connectivity index (χ4v) is 0.643. The predicted octanol–water partition coefficient (Wildman–Crippen LogP) is 1.05. The van der Waals surface area contributed by atoms with Crippen LogP contribution in [-0.4, -0.2) is 12.9 Å². The Hall–Kier alpha value is -1.05. The third kappa shape index (κ3) is 1.72. The van der Waals surface area contributed by atoms with Crippen molar-refractivity contribution in [1.29, 1.82) is 0 Å². The molecule has 1 heterocycles. The van der Waals surface area contributed by atoms with E-state index in [4.69, 9.17) is 4.74 Å². The van der Waals surface area contributed by atoms with E-state index in [-0.39, 0.29) is 0 Å². The van der Waals surface area contributed by atoms with E-state index in [1.54, 1.807) is 6.08 Å². The third-order valence-electron chi connectivity index (χ3n) is 1.07. The zero-order valence-corrected chi connectivity index (χ0v) is 5.04. The van der Waals surface area contributed by atoms with E-state index in [1.807, 2.05) is 12.2 Å². The largest absolute Gasteiger partial charge is 0.493 e. The number of rotatable bonds is 2. The second kappa shape index (κ2) is 3.07. The molecule has 1 aliphatic heterocycles. The van der Waals surface area contributed by atoms with Gasteiger partial charge in [-0.05, 0) is 12.2 Å². The molecule has 1 aliphatic rings. The van der Waals surface area contributed by atoms with Crippen LogP contribution in [0, 0.1) is 0 Å². The van der Waals surface area contributed by atoms with E-state index in [2.05, 4.69) is 0 Å². The van der Waals surface area contributed by atoms with Crippen LogP contribution >= 0.6 is 0 Å². The Morgan fingerprint density at radius 1 is 1.78 bits per heavy atom. The molecule has 48 valence electrons. The Balaban J connectivity index is 2.47. The number of carbonyl (C=O) groups excluding carboxylic acids is 1. The molecule has 0 amide bonds. The van der Waals surface area contributed by atoms with Crippen LogP contribution in [0.3, 0.4) is 0 Å². The average molecular weight is 124 g/mol. The van der Waals surface area contributed by atoms with Crippen molar-refractivity contribution in [2.75, 3.05) is 6.61 Å². The molecule has 0 saturated carbocycles. The first-order valence-electron chi connectivity index (χ1n) is 2.85. The lowest BCUT2D eigenvalue weighted by atomic mass is 10.3. The van der Waals surface area contributed by atoms with Crippen molar-refractivity contribution in [1.82, 2.24) is 0 Å². The summed E-state index contributed by atoms with van der Waals surface area (Å²) < 4.78 is 5.06. The minimum atomic E-state index is 0.393. The molecule has 0 aromatic heterocycles. The molecule has 9 heavy (non-hydrogen) atoms. The molecule has 0 radical (unpaired) electrons. The van der Waals surface area contributed by atoms with Gasteiger partial charge in [0.2, 0.25) is 0 Å². The second-order valence-corrected chi connectivity index (χ2v) is 1.74. The van der Waals surface area contributed by atoms with Gasteiger partial charge in [-0.25, -0.2) is 0 Å². The number of aldehydes is 1. The maximum absolute atomic E-state index is 9.93. The molecule has 2 heteroatoms. The highest BCUT2D eigenvalue weighted by Gasteiger charge is 1.96. The summed E-state index contributed by atoms with van der Waals surface area (Å²) in [6.07, 6.45) is 6.82. The Morgan fingerprint density at radius 3 is 3.22 bits per heavy atom. The Kier molecular flexibility index (Phi) is 2.07. The number of hydrogen-bond donors (Lipinski definition) is 0. The monoisotopic (exact) mass is 124 g/mol. The zero-order valence-electron chi connectivity index (χ0n) is 5.04. The molecule has 2 nitrogen and oxygen atoms in total. The van der Waals surface area contributed by atoms with Gasteiger partial charge >= 0.3 is 0 Å². The van der Waals surface area contributed by atoms with Crippen LogP contribution in [0.4, 0.5) is 0 Å². The SMILES string of the molecule is O=CCC1=CC=CCO1. The van der Waals surface area contributed by atoms with E-state index in [9.17, 15) is 4.79 Å². The summed E-state index contributed by atoms with van der Waals surface area (Å²) in [4.78, 5) is 9.93. The average Bonchev–Trinajstić information content (AvgIpc) is 1.91. The van der Waals surface area contributed by atoms with Gasteiger partial charge < -0.3 is 9.53 Å². The summed E-state index contributed by atoms with van der Waals surface area (Å²) in [5, 5.41) is 0. The van der Waals surface area contributed by atoms with E-state index in [0.29, 0.717) is 13.0 Å². The van der Waals surface area contributed by atoms with Crippen molar-refractivity contribution >= 4 is 6.29 Å². The quantitative estimate of drug-likeness (QED) is 0.514. The molecule has 0 saturated heterocycles. The summed E-state index contributed by atoms with van der Waals surface area (Å²) in [5.41, 5.74) is 0. The van der Waals surface area contributed by atoms with Gasteiger partial charge in [-0.2, -0.15) is 0 Å². The molecule has 1 rings (SSSR count). The standard InChI is InChI=1S/C7H8O2/c8-5-4-7-3-1-2-6-9-7/h1-3,5H,4,6H2. The number of carbonyl (C=O) groups is 1. The normalized spacial score (nSPS) is 16.2. The van der Waals surface area contributed by atoms with Crippen LogP contribution in [0.1, 0.15) is 6.42 Å². The Labute approximate surface area is 53.8 Å². The molecule has 0 aromatic rings. The minimum absolute atomic E-state index is 0.393. The van der Waals surface area contributed by atoms with Crippen LogP contribution in [0.5, 0.6) is 0 Å². The summed E-state index contributed by atoms with van der Waals surface area (Å²) in [5.74, 6) is 0.757. The predicted molar refractivity (Wildman–Crippen MR) is 33.9 cm³/mol. The maximum atomic E-state index is 9.93. The lowest BCUT2D eigenvalue weighted by Gasteiger charge is -2.06. The topological polar surface area (TPSA) is 26.3 Å².